The number of piperidine rings is 1. The lowest BCUT2D eigenvalue weighted by atomic mass is 9.91. The Morgan fingerprint density at radius 1 is 1.23 bits per heavy atom. The molecule has 0 aliphatic carbocycles. The van der Waals surface area contributed by atoms with Crippen molar-refractivity contribution in [1.29, 1.82) is 0 Å². The van der Waals surface area contributed by atoms with Gasteiger partial charge in [-0.1, -0.05) is 25.4 Å². The summed E-state index contributed by atoms with van der Waals surface area (Å²) in [6.45, 7) is 4.34. The Bertz CT molecular complexity index is 433. The summed E-state index contributed by atoms with van der Waals surface area (Å²) < 4.78 is 14.1. The number of halogens is 2. The SMILES string of the molecule is C.CNCCC(CCN1CCCCC1)c1cc(Cl)ccc1F. The predicted molar refractivity (Wildman–Crippen MR) is 94.3 cm³/mol. The van der Waals surface area contributed by atoms with Crippen LogP contribution in [0.4, 0.5) is 4.39 Å². The molecule has 0 spiro atoms. The van der Waals surface area contributed by atoms with E-state index in [0.717, 1.165) is 31.5 Å². The smallest absolute Gasteiger partial charge is 0.126 e. The highest BCUT2D eigenvalue weighted by atomic mass is 35.5. The van der Waals surface area contributed by atoms with Gasteiger partial charge in [0, 0.05) is 5.02 Å². The number of likely N-dealkylation sites (tertiary alicyclic amines) is 1. The van der Waals surface area contributed by atoms with Crippen LogP contribution in [0.1, 0.15) is 51.0 Å². The molecule has 1 aromatic rings. The van der Waals surface area contributed by atoms with Gasteiger partial charge >= 0.3 is 0 Å². The summed E-state index contributed by atoms with van der Waals surface area (Å²) in [5.74, 6) is 0.109. The Hall–Kier alpha value is -0.640. The van der Waals surface area contributed by atoms with E-state index in [1.54, 1.807) is 12.1 Å². The van der Waals surface area contributed by atoms with Crippen LogP contribution in [0.15, 0.2) is 18.2 Å². The van der Waals surface area contributed by atoms with Crippen molar-refractivity contribution in [3.63, 3.8) is 0 Å². The minimum atomic E-state index is -0.126. The largest absolute Gasteiger partial charge is 0.320 e. The molecule has 2 nitrogen and oxygen atoms in total. The fourth-order valence-corrected chi connectivity index (χ4v) is 3.30. The van der Waals surface area contributed by atoms with E-state index in [0.29, 0.717) is 5.02 Å². The molecule has 1 unspecified atom stereocenters. The first-order chi connectivity index (χ1) is 10.2. The highest BCUT2D eigenvalue weighted by Crippen LogP contribution is 2.29. The van der Waals surface area contributed by atoms with Gasteiger partial charge in [0.25, 0.3) is 0 Å². The maximum Gasteiger partial charge on any atom is 0.126 e. The topological polar surface area (TPSA) is 15.3 Å². The molecular weight excluding hydrogens is 299 g/mol. The number of hydrogen-bond acceptors (Lipinski definition) is 2. The van der Waals surface area contributed by atoms with Crippen molar-refractivity contribution in [3.05, 3.63) is 34.6 Å². The molecule has 1 atom stereocenters. The van der Waals surface area contributed by atoms with Crippen molar-refractivity contribution < 1.29 is 4.39 Å². The molecule has 1 fully saturated rings. The third kappa shape index (κ3) is 5.86. The second-order valence-corrected chi connectivity index (χ2v) is 6.38. The van der Waals surface area contributed by atoms with E-state index in [-0.39, 0.29) is 19.2 Å². The molecule has 1 saturated heterocycles. The lowest BCUT2D eigenvalue weighted by Crippen LogP contribution is -2.31. The highest BCUT2D eigenvalue weighted by Gasteiger charge is 2.18. The lowest BCUT2D eigenvalue weighted by molar-refractivity contribution is 0.219. The second kappa shape index (κ2) is 10.2. The van der Waals surface area contributed by atoms with Crippen molar-refractivity contribution in [2.75, 3.05) is 33.2 Å². The number of nitrogens with one attached hydrogen (secondary N) is 1. The van der Waals surface area contributed by atoms with E-state index in [1.807, 2.05) is 7.05 Å². The standard InChI is InChI=1S/C17H26ClFN2.CH4/c1-20-9-7-14(8-12-21-10-3-2-4-11-21)16-13-15(18)5-6-17(16)19;/h5-6,13-14,20H,2-4,7-12H2,1H3;1H4. The van der Waals surface area contributed by atoms with Gasteiger partial charge in [0.1, 0.15) is 5.82 Å². The zero-order valence-corrected chi connectivity index (χ0v) is 13.6. The van der Waals surface area contributed by atoms with Crippen LogP contribution in [0.5, 0.6) is 0 Å². The van der Waals surface area contributed by atoms with Crippen LogP contribution in [0, 0.1) is 5.82 Å². The van der Waals surface area contributed by atoms with Crippen molar-refractivity contribution in [1.82, 2.24) is 10.2 Å². The van der Waals surface area contributed by atoms with Gasteiger partial charge in [-0.05, 0) is 88.6 Å². The molecule has 22 heavy (non-hydrogen) atoms. The number of nitrogens with zero attached hydrogens (tertiary/aromatic N) is 1. The van der Waals surface area contributed by atoms with E-state index in [4.69, 9.17) is 11.6 Å². The average Bonchev–Trinajstić information content (AvgIpc) is 2.51. The Labute approximate surface area is 140 Å². The molecule has 1 aliphatic rings. The third-order valence-electron chi connectivity index (χ3n) is 4.38. The average molecular weight is 329 g/mol. The molecule has 4 heteroatoms. The first-order valence-corrected chi connectivity index (χ1v) is 8.40. The molecule has 126 valence electrons. The van der Waals surface area contributed by atoms with Crippen LogP contribution in [0.25, 0.3) is 0 Å². The summed E-state index contributed by atoms with van der Waals surface area (Å²) in [5, 5.41) is 3.79. The van der Waals surface area contributed by atoms with Crippen LogP contribution in [0.3, 0.4) is 0 Å². The molecule has 0 saturated carbocycles. The molecular formula is C18H30ClFN2. The van der Waals surface area contributed by atoms with E-state index in [2.05, 4.69) is 10.2 Å². The van der Waals surface area contributed by atoms with E-state index in [1.165, 1.54) is 38.4 Å². The highest BCUT2D eigenvalue weighted by molar-refractivity contribution is 6.30. The molecule has 0 radical (unpaired) electrons. The Morgan fingerprint density at radius 2 is 1.95 bits per heavy atom. The fraction of sp³-hybridized carbons (Fsp3) is 0.667. The molecule has 1 N–H and O–H groups in total. The van der Waals surface area contributed by atoms with Gasteiger partial charge < -0.3 is 10.2 Å². The maximum atomic E-state index is 14.1. The molecule has 0 aromatic heterocycles. The van der Waals surface area contributed by atoms with Crippen LogP contribution in [0.2, 0.25) is 5.02 Å². The summed E-state index contributed by atoms with van der Waals surface area (Å²) >= 11 is 6.05. The van der Waals surface area contributed by atoms with Gasteiger partial charge in [0.05, 0.1) is 0 Å². The normalized spacial score (nSPS) is 17.0. The van der Waals surface area contributed by atoms with Crippen molar-refractivity contribution in [2.45, 2.75) is 45.4 Å². The van der Waals surface area contributed by atoms with E-state index in [9.17, 15) is 4.39 Å². The van der Waals surface area contributed by atoms with Gasteiger partial charge in [-0.2, -0.15) is 0 Å². The van der Waals surface area contributed by atoms with E-state index >= 15 is 0 Å². The Kier molecular flexibility index (Phi) is 8.99. The monoisotopic (exact) mass is 328 g/mol. The summed E-state index contributed by atoms with van der Waals surface area (Å²) in [5.41, 5.74) is 0.773. The zero-order valence-electron chi connectivity index (χ0n) is 12.9. The van der Waals surface area contributed by atoms with Crippen molar-refractivity contribution >= 4 is 11.6 Å². The Balaban J connectivity index is 0.00000242. The Morgan fingerprint density at radius 3 is 2.64 bits per heavy atom. The number of rotatable bonds is 7. The second-order valence-electron chi connectivity index (χ2n) is 5.95. The molecule has 0 amide bonds. The molecule has 1 aromatic carbocycles. The molecule has 0 bridgehead atoms. The molecule has 1 aliphatic heterocycles. The summed E-state index contributed by atoms with van der Waals surface area (Å²) in [6, 6.07) is 4.92. The van der Waals surface area contributed by atoms with Gasteiger partial charge in [0.2, 0.25) is 0 Å². The first kappa shape index (κ1) is 19.4. The van der Waals surface area contributed by atoms with Crippen LogP contribution >= 0.6 is 11.6 Å². The minimum absolute atomic E-state index is 0. The van der Waals surface area contributed by atoms with E-state index < -0.39 is 0 Å². The fourth-order valence-electron chi connectivity index (χ4n) is 3.12. The first-order valence-electron chi connectivity index (χ1n) is 8.02. The number of benzene rings is 1. The predicted octanol–water partition coefficient (Wildman–Crippen LogP) is 4.68. The van der Waals surface area contributed by atoms with Gasteiger partial charge in [-0.25, -0.2) is 4.39 Å². The molecule has 2 rings (SSSR count). The van der Waals surface area contributed by atoms with Crippen molar-refractivity contribution in [2.24, 2.45) is 0 Å². The quantitative estimate of drug-likeness (QED) is 0.781. The summed E-state index contributed by atoms with van der Waals surface area (Å²) in [4.78, 5) is 2.51. The summed E-state index contributed by atoms with van der Waals surface area (Å²) in [6.07, 6.45) is 5.89. The van der Waals surface area contributed by atoms with Crippen LogP contribution in [-0.2, 0) is 0 Å². The van der Waals surface area contributed by atoms with Gasteiger partial charge in [0.15, 0.2) is 0 Å². The minimum Gasteiger partial charge on any atom is -0.320 e. The lowest BCUT2D eigenvalue weighted by Gasteiger charge is -2.28. The summed E-state index contributed by atoms with van der Waals surface area (Å²) in [7, 11) is 1.94. The number of hydrogen-bond donors (Lipinski definition) is 1. The third-order valence-corrected chi connectivity index (χ3v) is 4.62. The zero-order chi connectivity index (χ0) is 15.1. The molecule has 1 heterocycles. The van der Waals surface area contributed by atoms with Gasteiger partial charge in [-0.3, -0.25) is 0 Å². The maximum absolute atomic E-state index is 14.1. The van der Waals surface area contributed by atoms with Gasteiger partial charge in [-0.15, -0.1) is 0 Å². The van der Waals surface area contributed by atoms with Crippen LogP contribution in [-0.4, -0.2) is 38.1 Å². The van der Waals surface area contributed by atoms with Crippen molar-refractivity contribution in [3.8, 4) is 0 Å². The van der Waals surface area contributed by atoms with Crippen LogP contribution < -0.4 is 5.32 Å².